The first-order valence-electron chi connectivity index (χ1n) is 5.89. The lowest BCUT2D eigenvalue weighted by Crippen LogP contribution is -2.39. The number of hydrogen-bond donors (Lipinski definition) is 1. The second-order valence-electron chi connectivity index (χ2n) is 5.74. The summed E-state index contributed by atoms with van der Waals surface area (Å²) in [6.07, 6.45) is -4.73. The Morgan fingerprint density at radius 3 is 1.95 bits per heavy atom. The molecule has 0 amide bonds. The summed E-state index contributed by atoms with van der Waals surface area (Å²) in [6.45, 7) is 6.37. The highest BCUT2D eigenvalue weighted by Crippen LogP contribution is 2.41. The summed E-state index contributed by atoms with van der Waals surface area (Å²) < 4.78 is 43.7. The third-order valence-electron chi connectivity index (χ3n) is 3.12. The molecule has 0 fully saturated rings. The predicted octanol–water partition coefficient (Wildman–Crippen LogP) is 3.76. The van der Waals surface area contributed by atoms with Gasteiger partial charge in [0, 0.05) is 0 Å². The van der Waals surface area contributed by atoms with Crippen molar-refractivity contribution in [2.45, 2.75) is 44.9 Å². The lowest BCUT2D eigenvalue weighted by atomic mass is 9.83. The summed E-state index contributed by atoms with van der Waals surface area (Å²) in [5, 5.41) is 9.71. The average molecular weight is 276 g/mol. The van der Waals surface area contributed by atoms with Gasteiger partial charge in [-0.2, -0.15) is 13.2 Å². The van der Waals surface area contributed by atoms with Crippen molar-refractivity contribution < 1.29 is 23.0 Å². The molecular formula is C14H19F3O2. The van der Waals surface area contributed by atoms with E-state index in [4.69, 9.17) is 4.74 Å². The zero-order chi connectivity index (χ0) is 15.1. The lowest BCUT2D eigenvalue weighted by molar-refractivity contribution is -0.258. The van der Waals surface area contributed by atoms with Gasteiger partial charge in [0.2, 0.25) is 0 Å². The molecule has 1 unspecified atom stereocenters. The van der Waals surface area contributed by atoms with Crippen molar-refractivity contribution in [3.63, 3.8) is 0 Å². The van der Waals surface area contributed by atoms with E-state index in [0.29, 0.717) is 11.3 Å². The van der Waals surface area contributed by atoms with Crippen molar-refractivity contribution in [1.29, 1.82) is 0 Å². The fraction of sp³-hybridized carbons (Fsp3) is 0.571. The molecule has 0 bridgehead atoms. The zero-order valence-electron chi connectivity index (χ0n) is 11.7. The summed E-state index contributed by atoms with van der Waals surface area (Å²) in [5.41, 5.74) is -2.83. The Labute approximate surface area is 111 Å². The smallest absolute Gasteiger partial charge is 0.421 e. The molecule has 5 heteroatoms. The quantitative estimate of drug-likeness (QED) is 0.891. The van der Waals surface area contributed by atoms with Crippen molar-refractivity contribution >= 4 is 0 Å². The van der Waals surface area contributed by atoms with Crippen LogP contribution in [0.5, 0.6) is 5.75 Å². The maximum atomic E-state index is 12.8. The molecule has 0 radical (unpaired) electrons. The Balaban J connectivity index is 3.42. The molecule has 0 aliphatic heterocycles. The number of aliphatic hydroxyl groups is 1. The van der Waals surface area contributed by atoms with Crippen LogP contribution < -0.4 is 4.74 Å². The lowest BCUT2D eigenvalue weighted by Gasteiger charge is -2.29. The fourth-order valence-electron chi connectivity index (χ4n) is 1.76. The van der Waals surface area contributed by atoms with Crippen LogP contribution in [0.2, 0.25) is 0 Å². The van der Waals surface area contributed by atoms with Crippen LogP contribution in [0.3, 0.4) is 0 Å². The molecule has 1 N–H and O–H groups in total. The number of ether oxygens (including phenoxy) is 1. The minimum absolute atomic E-state index is 0.189. The first kappa shape index (κ1) is 15.8. The number of methoxy groups -OCH3 is 1. The molecule has 0 aromatic heterocycles. The second kappa shape index (κ2) is 4.71. The predicted molar refractivity (Wildman–Crippen MR) is 67.3 cm³/mol. The van der Waals surface area contributed by atoms with Crippen LogP contribution in [0.1, 0.15) is 38.8 Å². The van der Waals surface area contributed by atoms with E-state index < -0.39 is 11.8 Å². The Bertz CT molecular complexity index is 457. The van der Waals surface area contributed by atoms with Crippen molar-refractivity contribution in [3.05, 3.63) is 29.3 Å². The second-order valence-corrected chi connectivity index (χ2v) is 5.74. The number of alkyl halides is 3. The van der Waals surface area contributed by atoms with Gasteiger partial charge in [-0.3, -0.25) is 0 Å². The van der Waals surface area contributed by atoms with E-state index in [2.05, 4.69) is 0 Å². The highest BCUT2D eigenvalue weighted by Gasteiger charge is 2.51. The Morgan fingerprint density at radius 1 is 1.05 bits per heavy atom. The Kier molecular flexibility index (Phi) is 3.92. The number of hydrogen-bond acceptors (Lipinski definition) is 2. The maximum Gasteiger partial charge on any atom is 0.421 e. The molecule has 0 aliphatic rings. The third-order valence-corrected chi connectivity index (χ3v) is 3.12. The normalized spacial score (nSPS) is 16.1. The fourth-order valence-corrected chi connectivity index (χ4v) is 1.76. The van der Waals surface area contributed by atoms with Gasteiger partial charge in [0.1, 0.15) is 5.75 Å². The molecule has 1 aromatic rings. The molecule has 19 heavy (non-hydrogen) atoms. The van der Waals surface area contributed by atoms with Crippen molar-refractivity contribution in [3.8, 4) is 5.75 Å². The van der Waals surface area contributed by atoms with Crippen molar-refractivity contribution in [1.82, 2.24) is 0 Å². The van der Waals surface area contributed by atoms with Crippen molar-refractivity contribution in [2.24, 2.45) is 0 Å². The Morgan fingerprint density at radius 2 is 1.58 bits per heavy atom. The van der Waals surface area contributed by atoms with Crippen LogP contribution in [0.25, 0.3) is 0 Å². The average Bonchev–Trinajstić information content (AvgIpc) is 2.25. The molecule has 1 rings (SSSR count). The number of halogens is 3. The summed E-state index contributed by atoms with van der Waals surface area (Å²) in [6, 6.07) is 4.05. The van der Waals surface area contributed by atoms with Crippen LogP contribution in [-0.2, 0) is 11.0 Å². The highest BCUT2D eigenvalue weighted by atomic mass is 19.4. The van der Waals surface area contributed by atoms with Crippen molar-refractivity contribution in [2.75, 3.05) is 7.11 Å². The minimum Gasteiger partial charge on any atom is -0.496 e. The van der Waals surface area contributed by atoms with E-state index in [9.17, 15) is 18.3 Å². The van der Waals surface area contributed by atoms with Gasteiger partial charge in [0.25, 0.3) is 0 Å². The molecule has 0 heterocycles. The minimum atomic E-state index is -4.73. The molecule has 0 aliphatic carbocycles. The standard InChI is InChI=1S/C14H19F3O2/c1-12(2,3)10-8-9(6-7-11(10)19-5)13(4,18)14(15,16)17/h6-8,18H,1-5H3. The van der Waals surface area contributed by atoms with Gasteiger partial charge < -0.3 is 9.84 Å². The van der Waals surface area contributed by atoms with E-state index in [1.54, 1.807) is 0 Å². The molecule has 1 aromatic carbocycles. The molecule has 2 nitrogen and oxygen atoms in total. The van der Waals surface area contributed by atoms with Gasteiger partial charge in [-0.05, 0) is 35.6 Å². The maximum absolute atomic E-state index is 12.8. The Hall–Kier alpha value is -1.23. The summed E-state index contributed by atoms with van der Waals surface area (Å²) in [7, 11) is 1.46. The topological polar surface area (TPSA) is 29.5 Å². The number of rotatable bonds is 2. The van der Waals surface area contributed by atoms with E-state index in [1.807, 2.05) is 20.8 Å². The van der Waals surface area contributed by atoms with Gasteiger partial charge in [0.15, 0.2) is 5.60 Å². The number of benzene rings is 1. The zero-order valence-corrected chi connectivity index (χ0v) is 11.7. The molecule has 0 saturated heterocycles. The molecule has 0 spiro atoms. The molecule has 1 atom stereocenters. The molecule has 108 valence electrons. The molecule has 0 saturated carbocycles. The summed E-state index contributed by atoms with van der Waals surface area (Å²) in [4.78, 5) is 0. The summed E-state index contributed by atoms with van der Waals surface area (Å²) >= 11 is 0. The van der Waals surface area contributed by atoms with E-state index in [-0.39, 0.29) is 11.0 Å². The van der Waals surface area contributed by atoms with E-state index in [0.717, 1.165) is 6.92 Å². The molecular weight excluding hydrogens is 257 g/mol. The highest BCUT2D eigenvalue weighted by molar-refractivity contribution is 5.43. The van der Waals surface area contributed by atoms with Crippen LogP contribution in [0.4, 0.5) is 13.2 Å². The van der Waals surface area contributed by atoms with Crippen LogP contribution >= 0.6 is 0 Å². The SMILES string of the molecule is COc1ccc(C(C)(O)C(F)(F)F)cc1C(C)(C)C. The first-order chi connectivity index (χ1) is 8.41. The van der Waals surface area contributed by atoms with Crippen LogP contribution in [0, 0.1) is 0 Å². The van der Waals surface area contributed by atoms with Crippen LogP contribution in [-0.4, -0.2) is 18.4 Å². The van der Waals surface area contributed by atoms with E-state index in [1.165, 1.54) is 25.3 Å². The third kappa shape index (κ3) is 3.03. The van der Waals surface area contributed by atoms with Crippen LogP contribution in [0.15, 0.2) is 18.2 Å². The van der Waals surface area contributed by atoms with E-state index >= 15 is 0 Å². The van der Waals surface area contributed by atoms with Gasteiger partial charge >= 0.3 is 6.18 Å². The van der Waals surface area contributed by atoms with Gasteiger partial charge in [0.05, 0.1) is 7.11 Å². The van der Waals surface area contributed by atoms with Gasteiger partial charge in [-0.15, -0.1) is 0 Å². The largest absolute Gasteiger partial charge is 0.496 e. The first-order valence-corrected chi connectivity index (χ1v) is 5.89. The van der Waals surface area contributed by atoms with Gasteiger partial charge in [-0.25, -0.2) is 0 Å². The monoisotopic (exact) mass is 276 g/mol. The van der Waals surface area contributed by atoms with Gasteiger partial charge in [-0.1, -0.05) is 26.8 Å². The summed E-state index contributed by atoms with van der Waals surface area (Å²) in [5.74, 6) is 0.509.